The predicted octanol–water partition coefficient (Wildman–Crippen LogP) is 2.71. The van der Waals surface area contributed by atoms with Crippen LogP contribution in [-0.2, 0) is 11.3 Å². The van der Waals surface area contributed by atoms with Crippen LogP contribution in [0, 0.1) is 0 Å². The van der Waals surface area contributed by atoms with Gasteiger partial charge in [0, 0.05) is 0 Å². The lowest BCUT2D eigenvalue weighted by atomic mass is 10.2. The summed E-state index contributed by atoms with van der Waals surface area (Å²) in [6.45, 7) is 0.0574. The molecule has 0 unspecified atom stereocenters. The molecule has 0 saturated carbocycles. The molecule has 1 amide bonds. The average Bonchev–Trinajstić information content (AvgIpc) is 3.06. The number of para-hydroxylation sites is 1. The van der Waals surface area contributed by atoms with E-state index in [0.717, 1.165) is 10.4 Å². The van der Waals surface area contributed by atoms with Gasteiger partial charge in [-0.3, -0.25) is 5.32 Å². The fraction of sp³-hybridized carbons (Fsp3) is 0.0588. The largest absolute Gasteiger partial charge is 0.476 e. The Morgan fingerprint density at radius 1 is 1.00 bits per heavy atom. The first-order chi connectivity index (χ1) is 12.1. The number of carboxylic acid groups (broad SMARTS) is 1. The van der Waals surface area contributed by atoms with Gasteiger partial charge in [0.15, 0.2) is 5.82 Å². The molecule has 2 N–H and O–H groups in total. The zero-order valence-corrected chi connectivity index (χ0v) is 13.0. The van der Waals surface area contributed by atoms with Crippen LogP contribution >= 0.6 is 0 Å². The molecule has 0 fully saturated rings. The number of benzene rings is 2. The maximum Gasteiger partial charge on any atom is 0.413 e. The maximum absolute atomic E-state index is 11.9. The Balaban J connectivity index is 1.73. The first kappa shape index (κ1) is 16.2. The third-order valence-corrected chi connectivity index (χ3v) is 3.24. The molecule has 3 rings (SSSR count). The third kappa shape index (κ3) is 3.99. The van der Waals surface area contributed by atoms with Crippen LogP contribution in [0.4, 0.5) is 10.6 Å². The number of amides is 1. The number of anilines is 1. The van der Waals surface area contributed by atoms with Crippen molar-refractivity contribution >= 4 is 17.9 Å². The lowest BCUT2D eigenvalue weighted by Gasteiger charge is -2.05. The third-order valence-electron chi connectivity index (χ3n) is 3.24. The number of rotatable bonds is 5. The Kier molecular flexibility index (Phi) is 4.70. The Hall–Kier alpha value is -3.68. The van der Waals surface area contributed by atoms with E-state index in [1.807, 2.05) is 36.4 Å². The number of hydrogen-bond donors (Lipinski definition) is 2. The van der Waals surface area contributed by atoms with E-state index in [-0.39, 0.29) is 18.1 Å². The van der Waals surface area contributed by atoms with Crippen molar-refractivity contribution in [1.82, 2.24) is 15.0 Å². The monoisotopic (exact) mass is 338 g/mol. The van der Waals surface area contributed by atoms with Gasteiger partial charge in [-0.1, -0.05) is 48.5 Å². The first-order valence-corrected chi connectivity index (χ1v) is 7.37. The molecule has 1 aromatic heterocycles. The summed E-state index contributed by atoms with van der Waals surface area (Å²) in [4.78, 5) is 24.4. The Morgan fingerprint density at radius 2 is 1.64 bits per heavy atom. The van der Waals surface area contributed by atoms with Gasteiger partial charge in [-0.05, 0) is 17.7 Å². The second-order valence-electron chi connectivity index (χ2n) is 5.01. The van der Waals surface area contributed by atoms with E-state index >= 15 is 0 Å². The van der Waals surface area contributed by atoms with Gasteiger partial charge < -0.3 is 9.84 Å². The summed E-state index contributed by atoms with van der Waals surface area (Å²) < 4.78 is 5.06. The van der Waals surface area contributed by atoms with Crippen molar-refractivity contribution in [1.29, 1.82) is 0 Å². The van der Waals surface area contributed by atoms with Crippen LogP contribution in [0.1, 0.15) is 16.1 Å². The standard InChI is InChI=1S/C17H14N4O4/c22-16(23)14-15(20-21(19-14)13-9-5-2-6-10-13)18-17(24)25-11-12-7-3-1-4-8-12/h1-10H,11H2,(H,22,23)(H,18,20,24). The Labute approximate surface area is 142 Å². The van der Waals surface area contributed by atoms with Crippen molar-refractivity contribution in [2.75, 3.05) is 5.32 Å². The summed E-state index contributed by atoms with van der Waals surface area (Å²) in [7, 11) is 0. The van der Waals surface area contributed by atoms with Crippen molar-refractivity contribution in [2.24, 2.45) is 0 Å². The quantitative estimate of drug-likeness (QED) is 0.741. The highest BCUT2D eigenvalue weighted by Gasteiger charge is 2.21. The lowest BCUT2D eigenvalue weighted by molar-refractivity contribution is 0.0691. The van der Waals surface area contributed by atoms with Gasteiger partial charge in [0.1, 0.15) is 6.61 Å². The fourth-order valence-electron chi connectivity index (χ4n) is 2.07. The van der Waals surface area contributed by atoms with Gasteiger partial charge >= 0.3 is 12.1 Å². The van der Waals surface area contributed by atoms with Crippen molar-refractivity contribution in [3.8, 4) is 5.69 Å². The molecule has 8 nitrogen and oxygen atoms in total. The second kappa shape index (κ2) is 7.26. The smallest absolute Gasteiger partial charge is 0.413 e. The molecule has 2 aromatic carbocycles. The van der Waals surface area contributed by atoms with E-state index in [1.54, 1.807) is 24.3 Å². The topological polar surface area (TPSA) is 106 Å². The van der Waals surface area contributed by atoms with E-state index in [2.05, 4.69) is 15.5 Å². The van der Waals surface area contributed by atoms with Crippen LogP contribution in [0.3, 0.4) is 0 Å². The molecular formula is C17H14N4O4. The van der Waals surface area contributed by atoms with Crippen molar-refractivity contribution < 1.29 is 19.4 Å². The molecule has 126 valence electrons. The van der Waals surface area contributed by atoms with Crippen LogP contribution < -0.4 is 5.32 Å². The number of aromatic nitrogens is 3. The highest BCUT2D eigenvalue weighted by Crippen LogP contribution is 2.14. The summed E-state index contributed by atoms with van der Waals surface area (Å²) in [5, 5.41) is 19.5. The normalized spacial score (nSPS) is 10.2. The van der Waals surface area contributed by atoms with Crippen LogP contribution in [0.15, 0.2) is 60.7 Å². The van der Waals surface area contributed by atoms with Gasteiger partial charge in [-0.2, -0.15) is 0 Å². The maximum atomic E-state index is 11.9. The lowest BCUT2D eigenvalue weighted by Crippen LogP contribution is -2.16. The van der Waals surface area contributed by atoms with Crippen molar-refractivity contribution in [3.05, 3.63) is 71.9 Å². The van der Waals surface area contributed by atoms with Crippen LogP contribution in [0.5, 0.6) is 0 Å². The summed E-state index contributed by atoms with van der Waals surface area (Å²) >= 11 is 0. The van der Waals surface area contributed by atoms with Crippen molar-refractivity contribution in [2.45, 2.75) is 6.61 Å². The highest BCUT2D eigenvalue weighted by molar-refractivity contribution is 5.95. The average molecular weight is 338 g/mol. The Morgan fingerprint density at radius 3 is 2.28 bits per heavy atom. The van der Waals surface area contributed by atoms with Gasteiger partial charge in [0.25, 0.3) is 0 Å². The minimum Gasteiger partial charge on any atom is -0.476 e. The number of hydrogen-bond acceptors (Lipinski definition) is 5. The second-order valence-corrected chi connectivity index (χ2v) is 5.01. The number of carbonyl (C=O) groups is 2. The zero-order valence-electron chi connectivity index (χ0n) is 13.0. The molecule has 0 radical (unpaired) electrons. The molecular weight excluding hydrogens is 324 g/mol. The molecule has 0 aliphatic carbocycles. The number of carboxylic acids is 1. The van der Waals surface area contributed by atoms with E-state index in [0.29, 0.717) is 5.69 Å². The van der Waals surface area contributed by atoms with Gasteiger partial charge in [-0.15, -0.1) is 15.0 Å². The molecule has 0 spiro atoms. The molecule has 0 aliphatic rings. The molecule has 0 bridgehead atoms. The SMILES string of the molecule is O=C(Nc1nn(-c2ccccc2)nc1C(=O)O)OCc1ccccc1. The van der Waals surface area contributed by atoms with Crippen LogP contribution in [0.25, 0.3) is 5.69 Å². The number of carbonyl (C=O) groups excluding carboxylic acids is 1. The van der Waals surface area contributed by atoms with E-state index in [9.17, 15) is 14.7 Å². The molecule has 25 heavy (non-hydrogen) atoms. The molecule has 1 heterocycles. The number of nitrogens with one attached hydrogen (secondary N) is 1. The number of ether oxygens (including phenoxy) is 1. The number of nitrogens with zero attached hydrogens (tertiary/aromatic N) is 3. The fourth-order valence-corrected chi connectivity index (χ4v) is 2.07. The van der Waals surface area contributed by atoms with E-state index < -0.39 is 12.1 Å². The molecule has 3 aromatic rings. The highest BCUT2D eigenvalue weighted by atomic mass is 16.5. The molecule has 8 heteroatoms. The first-order valence-electron chi connectivity index (χ1n) is 7.37. The number of aromatic carboxylic acids is 1. The summed E-state index contributed by atoms with van der Waals surface area (Å²) in [5.74, 6) is -1.49. The van der Waals surface area contributed by atoms with E-state index in [4.69, 9.17) is 4.74 Å². The van der Waals surface area contributed by atoms with Gasteiger partial charge in [0.05, 0.1) is 5.69 Å². The predicted molar refractivity (Wildman–Crippen MR) is 88.6 cm³/mol. The summed E-state index contributed by atoms with van der Waals surface area (Å²) in [6, 6.07) is 17.9. The van der Waals surface area contributed by atoms with Gasteiger partial charge in [-0.25, -0.2) is 9.59 Å². The summed E-state index contributed by atoms with van der Waals surface area (Å²) in [6.07, 6.45) is -0.813. The molecule has 0 atom stereocenters. The van der Waals surface area contributed by atoms with Crippen LogP contribution in [-0.4, -0.2) is 32.2 Å². The summed E-state index contributed by atoms with van der Waals surface area (Å²) in [5.41, 5.74) is 1.00. The molecule has 0 saturated heterocycles. The van der Waals surface area contributed by atoms with Gasteiger partial charge in [0.2, 0.25) is 5.69 Å². The van der Waals surface area contributed by atoms with Crippen LogP contribution in [0.2, 0.25) is 0 Å². The van der Waals surface area contributed by atoms with E-state index in [1.165, 1.54) is 0 Å². The molecule has 0 aliphatic heterocycles. The Bertz CT molecular complexity index is 878. The zero-order chi connectivity index (χ0) is 17.6. The minimum absolute atomic E-state index is 0.0574. The minimum atomic E-state index is -1.31. The van der Waals surface area contributed by atoms with Crippen molar-refractivity contribution in [3.63, 3.8) is 0 Å².